The quantitative estimate of drug-likeness (QED) is 0.413. The molecule has 1 amide bonds. The van der Waals surface area contributed by atoms with Gasteiger partial charge in [-0.05, 0) is 55.5 Å². The Bertz CT molecular complexity index is 763. The lowest BCUT2D eigenvalue weighted by atomic mass is 10.2. The minimum absolute atomic E-state index is 0.0167. The van der Waals surface area contributed by atoms with Crippen molar-refractivity contribution in [2.45, 2.75) is 6.92 Å². The fourth-order valence-electron chi connectivity index (χ4n) is 1.87. The maximum Gasteiger partial charge on any atom is 0.269 e. The van der Waals surface area contributed by atoms with E-state index in [0.717, 1.165) is 0 Å². The summed E-state index contributed by atoms with van der Waals surface area (Å²) in [5.41, 5.74) is 6.35. The molecule has 2 rings (SSSR count). The van der Waals surface area contributed by atoms with Gasteiger partial charge in [0.15, 0.2) is 5.11 Å². The summed E-state index contributed by atoms with van der Waals surface area (Å²) in [5.74, 6) is 0.311. The first kappa shape index (κ1) is 18.1. The van der Waals surface area contributed by atoms with Gasteiger partial charge in [0.1, 0.15) is 5.75 Å². The predicted molar refractivity (Wildman–Crippen MR) is 97.5 cm³/mol. The number of ether oxygens (including phenoxy) is 1. The molecule has 0 saturated heterocycles. The van der Waals surface area contributed by atoms with Crippen LogP contribution in [-0.4, -0.2) is 22.5 Å². The minimum atomic E-state index is -0.487. The summed E-state index contributed by atoms with van der Waals surface area (Å²) in [6, 6.07) is 12.4. The number of hydrogen-bond acceptors (Lipinski definition) is 6. The van der Waals surface area contributed by atoms with Crippen LogP contribution in [0.5, 0.6) is 5.75 Å². The molecule has 8 nitrogen and oxygen atoms in total. The molecule has 0 aliphatic carbocycles. The van der Waals surface area contributed by atoms with Crippen molar-refractivity contribution in [2.24, 2.45) is 0 Å². The van der Waals surface area contributed by atoms with E-state index in [1.807, 2.05) is 6.92 Å². The van der Waals surface area contributed by atoms with Crippen molar-refractivity contribution < 1.29 is 14.5 Å². The van der Waals surface area contributed by atoms with Crippen LogP contribution in [0.4, 0.5) is 11.4 Å². The third-order valence-corrected chi connectivity index (χ3v) is 3.26. The second-order valence-corrected chi connectivity index (χ2v) is 5.20. The van der Waals surface area contributed by atoms with Crippen molar-refractivity contribution in [3.63, 3.8) is 0 Å². The number of nitrogens with one attached hydrogen (secondary N) is 3. The molecule has 25 heavy (non-hydrogen) atoms. The number of amides is 1. The zero-order valence-corrected chi connectivity index (χ0v) is 14.1. The molecule has 0 aliphatic rings. The van der Waals surface area contributed by atoms with Crippen LogP contribution in [0, 0.1) is 10.1 Å². The Labute approximate surface area is 149 Å². The maximum absolute atomic E-state index is 12.1. The summed E-state index contributed by atoms with van der Waals surface area (Å²) < 4.78 is 5.31. The highest BCUT2D eigenvalue weighted by Gasteiger charge is 2.08. The fraction of sp³-hybridized carbons (Fsp3) is 0.125. The highest BCUT2D eigenvalue weighted by molar-refractivity contribution is 7.80. The van der Waals surface area contributed by atoms with Gasteiger partial charge in [-0.15, -0.1) is 0 Å². The van der Waals surface area contributed by atoms with E-state index in [-0.39, 0.29) is 16.7 Å². The molecule has 0 unspecified atom stereocenters. The highest BCUT2D eigenvalue weighted by Crippen LogP contribution is 2.14. The fourth-order valence-corrected chi connectivity index (χ4v) is 2.01. The van der Waals surface area contributed by atoms with Gasteiger partial charge in [-0.3, -0.25) is 31.1 Å². The molecule has 130 valence electrons. The van der Waals surface area contributed by atoms with E-state index in [0.29, 0.717) is 23.6 Å². The molecule has 2 aromatic carbocycles. The number of benzene rings is 2. The van der Waals surface area contributed by atoms with E-state index in [4.69, 9.17) is 17.0 Å². The molecule has 0 aromatic heterocycles. The zero-order chi connectivity index (χ0) is 18.2. The molecule has 0 bridgehead atoms. The van der Waals surface area contributed by atoms with Gasteiger partial charge >= 0.3 is 0 Å². The van der Waals surface area contributed by atoms with Crippen molar-refractivity contribution in [1.29, 1.82) is 0 Å². The second kappa shape index (κ2) is 8.60. The van der Waals surface area contributed by atoms with Crippen LogP contribution < -0.4 is 20.9 Å². The first-order valence-corrected chi connectivity index (χ1v) is 7.75. The van der Waals surface area contributed by atoms with Crippen LogP contribution in [0.25, 0.3) is 0 Å². The number of rotatable bonds is 6. The van der Waals surface area contributed by atoms with E-state index >= 15 is 0 Å². The van der Waals surface area contributed by atoms with Crippen LogP contribution in [-0.2, 0) is 0 Å². The standard InChI is InChI=1S/C16H16N4O4S/c1-2-24-14-9-3-11(4-10-14)15(21)17-16(25)19-18-12-5-7-13(8-6-12)20(22)23/h3-10,18H,2H2,1H3,(H2,17,19,21,25). The SMILES string of the molecule is CCOc1ccc(C(=O)NC(=S)NNc2ccc([N+](=O)[O-])cc2)cc1. The Kier molecular flexibility index (Phi) is 6.24. The molecule has 3 N–H and O–H groups in total. The van der Waals surface area contributed by atoms with Gasteiger partial charge in [0.2, 0.25) is 0 Å². The van der Waals surface area contributed by atoms with Crippen molar-refractivity contribution in [3.8, 4) is 5.75 Å². The smallest absolute Gasteiger partial charge is 0.269 e. The lowest BCUT2D eigenvalue weighted by Crippen LogP contribution is -2.41. The maximum atomic E-state index is 12.1. The van der Waals surface area contributed by atoms with Gasteiger partial charge in [-0.1, -0.05) is 0 Å². The Morgan fingerprint density at radius 2 is 1.80 bits per heavy atom. The van der Waals surface area contributed by atoms with E-state index in [1.165, 1.54) is 24.3 Å². The third kappa shape index (κ3) is 5.43. The molecule has 0 radical (unpaired) electrons. The number of anilines is 1. The molecule has 0 saturated carbocycles. The average Bonchev–Trinajstić information content (AvgIpc) is 2.61. The van der Waals surface area contributed by atoms with Gasteiger partial charge in [0, 0.05) is 17.7 Å². The Balaban J connectivity index is 1.84. The molecular weight excluding hydrogens is 344 g/mol. The molecule has 0 spiro atoms. The number of nitro benzene ring substituents is 1. The van der Waals surface area contributed by atoms with Crippen LogP contribution in [0.1, 0.15) is 17.3 Å². The number of thiocarbonyl (C=S) groups is 1. The number of non-ortho nitro benzene ring substituents is 1. The summed E-state index contributed by atoms with van der Waals surface area (Å²) in [6.45, 7) is 2.43. The number of nitrogens with zero attached hydrogens (tertiary/aromatic N) is 1. The van der Waals surface area contributed by atoms with E-state index in [2.05, 4.69) is 16.2 Å². The molecule has 9 heteroatoms. The lowest BCUT2D eigenvalue weighted by Gasteiger charge is -2.12. The number of carbonyl (C=O) groups excluding carboxylic acids is 1. The Morgan fingerprint density at radius 3 is 2.36 bits per heavy atom. The predicted octanol–water partition coefficient (Wildman–Crippen LogP) is 2.62. The number of nitro groups is 1. The van der Waals surface area contributed by atoms with Crippen molar-refractivity contribution in [3.05, 3.63) is 64.2 Å². The summed E-state index contributed by atoms with van der Waals surface area (Å²) >= 11 is 5.03. The summed E-state index contributed by atoms with van der Waals surface area (Å²) in [4.78, 5) is 22.2. The molecule has 0 atom stereocenters. The van der Waals surface area contributed by atoms with Crippen LogP contribution in [0.3, 0.4) is 0 Å². The monoisotopic (exact) mass is 360 g/mol. The van der Waals surface area contributed by atoms with Crippen molar-refractivity contribution >= 4 is 34.6 Å². The molecule has 0 aliphatic heterocycles. The summed E-state index contributed by atoms with van der Waals surface area (Å²) in [6.07, 6.45) is 0. The lowest BCUT2D eigenvalue weighted by molar-refractivity contribution is -0.384. The third-order valence-electron chi connectivity index (χ3n) is 3.05. The summed E-state index contributed by atoms with van der Waals surface area (Å²) in [5, 5.41) is 13.2. The van der Waals surface area contributed by atoms with Gasteiger partial charge in [0.25, 0.3) is 11.6 Å². The number of carbonyl (C=O) groups is 1. The van der Waals surface area contributed by atoms with Crippen LogP contribution >= 0.6 is 12.2 Å². The second-order valence-electron chi connectivity index (χ2n) is 4.79. The first-order chi connectivity index (χ1) is 12.0. The van der Waals surface area contributed by atoms with Gasteiger partial charge in [-0.25, -0.2) is 0 Å². The topological polar surface area (TPSA) is 106 Å². The molecule has 0 fully saturated rings. The van der Waals surface area contributed by atoms with Crippen LogP contribution in [0.2, 0.25) is 0 Å². The van der Waals surface area contributed by atoms with E-state index in [1.54, 1.807) is 24.3 Å². The molecule has 0 heterocycles. The molecule has 2 aromatic rings. The van der Waals surface area contributed by atoms with E-state index < -0.39 is 4.92 Å². The van der Waals surface area contributed by atoms with E-state index in [9.17, 15) is 14.9 Å². The first-order valence-electron chi connectivity index (χ1n) is 7.34. The van der Waals surface area contributed by atoms with Crippen molar-refractivity contribution in [1.82, 2.24) is 10.7 Å². The highest BCUT2D eigenvalue weighted by atomic mass is 32.1. The van der Waals surface area contributed by atoms with Gasteiger partial charge < -0.3 is 4.74 Å². The Morgan fingerprint density at radius 1 is 1.16 bits per heavy atom. The van der Waals surface area contributed by atoms with Crippen molar-refractivity contribution in [2.75, 3.05) is 12.0 Å². The Hall–Kier alpha value is -3.20. The molecular formula is C16H16N4O4S. The van der Waals surface area contributed by atoms with Gasteiger partial charge in [-0.2, -0.15) is 0 Å². The summed E-state index contributed by atoms with van der Waals surface area (Å²) in [7, 11) is 0. The zero-order valence-electron chi connectivity index (χ0n) is 13.3. The number of hydrogen-bond donors (Lipinski definition) is 3. The normalized spacial score (nSPS) is 9.80. The number of hydrazine groups is 1. The average molecular weight is 360 g/mol. The van der Waals surface area contributed by atoms with Crippen LogP contribution in [0.15, 0.2) is 48.5 Å². The van der Waals surface area contributed by atoms with Gasteiger partial charge in [0.05, 0.1) is 17.2 Å². The largest absolute Gasteiger partial charge is 0.494 e. The minimum Gasteiger partial charge on any atom is -0.494 e.